The molecule has 4 heteroatoms. The van der Waals surface area contributed by atoms with Crippen molar-refractivity contribution < 1.29 is 9.90 Å². The van der Waals surface area contributed by atoms with E-state index in [0.29, 0.717) is 5.75 Å². The molecule has 0 saturated heterocycles. The second-order valence-corrected chi connectivity index (χ2v) is 2.95. The summed E-state index contributed by atoms with van der Waals surface area (Å²) in [6, 6.07) is -0.125. The maximum absolute atomic E-state index is 10.8. The minimum Gasteiger partial charge on any atom is -0.394 e. The molecule has 1 atom stereocenters. The van der Waals surface area contributed by atoms with Gasteiger partial charge in [-0.3, -0.25) is 4.79 Å². The number of nitrogens with one attached hydrogen (secondary N) is 1. The molecule has 60 valence electrons. The zero-order valence-electron chi connectivity index (χ0n) is 6.26. The van der Waals surface area contributed by atoms with E-state index >= 15 is 0 Å². The van der Waals surface area contributed by atoms with E-state index < -0.39 is 0 Å². The molecule has 0 aromatic rings. The largest absolute Gasteiger partial charge is 0.394 e. The van der Waals surface area contributed by atoms with Crippen molar-refractivity contribution in [2.75, 3.05) is 18.6 Å². The highest BCUT2D eigenvalue weighted by Crippen LogP contribution is 1.90. The van der Waals surface area contributed by atoms with Gasteiger partial charge in [-0.25, -0.2) is 0 Å². The Morgan fingerprint density at radius 2 is 2.40 bits per heavy atom. The second-order valence-electron chi connectivity index (χ2n) is 2.08. The summed E-state index contributed by atoms with van der Waals surface area (Å²) < 4.78 is 0. The van der Waals surface area contributed by atoms with Crippen LogP contribution < -0.4 is 5.32 Å². The van der Waals surface area contributed by atoms with Gasteiger partial charge in [0.25, 0.3) is 0 Å². The van der Waals surface area contributed by atoms with Crippen LogP contribution in [-0.2, 0) is 4.79 Å². The molecular weight excluding hydrogens is 150 g/mol. The maximum atomic E-state index is 10.8. The number of aliphatic hydroxyl groups is 1. The van der Waals surface area contributed by atoms with Gasteiger partial charge in [-0.05, 0) is 13.2 Å². The fourth-order valence-corrected chi connectivity index (χ4v) is 0.839. The van der Waals surface area contributed by atoms with Crippen LogP contribution in [0.15, 0.2) is 0 Å². The van der Waals surface area contributed by atoms with E-state index in [2.05, 4.69) is 5.32 Å². The summed E-state index contributed by atoms with van der Waals surface area (Å²) in [5.41, 5.74) is 0. The summed E-state index contributed by atoms with van der Waals surface area (Å²) in [4.78, 5) is 10.8. The molecule has 0 radical (unpaired) electrons. The third-order valence-electron chi connectivity index (χ3n) is 0.957. The molecule has 0 saturated carbocycles. The fraction of sp³-hybridized carbons (Fsp3) is 0.833. The van der Waals surface area contributed by atoms with E-state index in [-0.39, 0.29) is 18.6 Å². The Hall–Kier alpha value is -0.220. The number of rotatable bonds is 4. The monoisotopic (exact) mass is 163 g/mol. The molecule has 3 nitrogen and oxygen atoms in total. The Morgan fingerprint density at radius 1 is 1.80 bits per heavy atom. The molecule has 1 amide bonds. The minimum absolute atomic E-state index is 0.000120. The number of thioether (sulfide) groups is 1. The molecule has 0 heterocycles. The molecule has 2 N–H and O–H groups in total. The zero-order chi connectivity index (χ0) is 7.98. The Bertz CT molecular complexity index is 108. The van der Waals surface area contributed by atoms with Crippen molar-refractivity contribution >= 4 is 17.7 Å². The van der Waals surface area contributed by atoms with Crippen molar-refractivity contribution in [1.29, 1.82) is 0 Å². The van der Waals surface area contributed by atoms with Crippen LogP contribution >= 0.6 is 11.8 Å². The van der Waals surface area contributed by atoms with Crippen molar-refractivity contribution in [3.05, 3.63) is 0 Å². The summed E-state index contributed by atoms with van der Waals surface area (Å²) >= 11 is 1.47. The summed E-state index contributed by atoms with van der Waals surface area (Å²) in [6.45, 7) is 1.76. The topological polar surface area (TPSA) is 49.3 Å². The molecule has 0 spiro atoms. The van der Waals surface area contributed by atoms with Crippen LogP contribution in [0.25, 0.3) is 0 Å². The lowest BCUT2D eigenvalue weighted by atomic mass is 10.4. The van der Waals surface area contributed by atoms with Gasteiger partial charge >= 0.3 is 0 Å². The molecule has 10 heavy (non-hydrogen) atoms. The van der Waals surface area contributed by atoms with Crippen molar-refractivity contribution in [1.82, 2.24) is 5.32 Å². The number of carbonyl (C=O) groups excluding carboxylic acids is 1. The summed E-state index contributed by atoms with van der Waals surface area (Å²) in [5, 5.41) is 11.2. The summed E-state index contributed by atoms with van der Waals surface area (Å²) in [6.07, 6.45) is 1.86. The van der Waals surface area contributed by atoms with Crippen LogP contribution in [-0.4, -0.2) is 35.7 Å². The average Bonchev–Trinajstić information content (AvgIpc) is 1.88. The Labute approximate surface area is 65.2 Å². The first-order valence-electron chi connectivity index (χ1n) is 3.10. The predicted molar refractivity (Wildman–Crippen MR) is 43.1 cm³/mol. The standard InChI is InChI=1S/C6H13NO2S/c1-5(3-8)7-6(9)4-10-2/h5,8H,3-4H2,1-2H3,(H,7,9). The van der Waals surface area contributed by atoms with E-state index in [0.717, 1.165) is 0 Å². The van der Waals surface area contributed by atoms with Gasteiger partial charge in [-0.15, -0.1) is 0 Å². The van der Waals surface area contributed by atoms with Crippen LogP contribution in [0.3, 0.4) is 0 Å². The minimum atomic E-state index is -0.125. The SMILES string of the molecule is CSCC(=O)NC(C)CO. The number of hydrogen-bond acceptors (Lipinski definition) is 3. The highest BCUT2D eigenvalue weighted by atomic mass is 32.2. The van der Waals surface area contributed by atoms with Gasteiger partial charge in [0.2, 0.25) is 5.91 Å². The molecule has 0 aromatic carbocycles. The molecule has 0 aromatic heterocycles. The molecule has 0 bridgehead atoms. The molecular formula is C6H13NO2S. The third kappa shape index (κ3) is 4.64. The Balaban J connectivity index is 3.37. The molecule has 0 rings (SSSR count). The van der Waals surface area contributed by atoms with Crippen LogP contribution in [0, 0.1) is 0 Å². The Kier molecular flexibility index (Phi) is 5.43. The normalized spacial score (nSPS) is 12.7. The predicted octanol–water partition coefficient (Wildman–Crippen LogP) is -0.154. The lowest BCUT2D eigenvalue weighted by Gasteiger charge is -2.08. The maximum Gasteiger partial charge on any atom is 0.230 e. The van der Waals surface area contributed by atoms with Crippen molar-refractivity contribution in [2.45, 2.75) is 13.0 Å². The number of amides is 1. The lowest BCUT2D eigenvalue weighted by Crippen LogP contribution is -2.36. The van der Waals surface area contributed by atoms with Gasteiger partial charge < -0.3 is 10.4 Å². The quantitative estimate of drug-likeness (QED) is 0.606. The lowest BCUT2D eigenvalue weighted by molar-refractivity contribution is -0.119. The third-order valence-corrected chi connectivity index (χ3v) is 1.51. The van der Waals surface area contributed by atoms with Crippen molar-refractivity contribution in [3.63, 3.8) is 0 Å². The summed E-state index contributed by atoms with van der Waals surface area (Å²) in [5.74, 6) is 0.443. The van der Waals surface area contributed by atoms with E-state index in [1.807, 2.05) is 6.26 Å². The molecule has 0 aliphatic rings. The molecule has 0 aliphatic heterocycles. The van der Waals surface area contributed by atoms with E-state index in [4.69, 9.17) is 5.11 Å². The highest BCUT2D eigenvalue weighted by Gasteiger charge is 2.03. The van der Waals surface area contributed by atoms with Crippen molar-refractivity contribution in [3.8, 4) is 0 Å². The molecule has 0 fully saturated rings. The molecule has 1 unspecified atom stereocenters. The van der Waals surface area contributed by atoms with E-state index in [9.17, 15) is 4.79 Å². The zero-order valence-corrected chi connectivity index (χ0v) is 7.07. The number of aliphatic hydroxyl groups excluding tert-OH is 1. The van der Waals surface area contributed by atoms with Crippen LogP contribution in [0.1, 0.15) is 6.92 Å². The number of carbonyl (C=O) groups is 1. The average molecular weight is 163 g/mol. The van der Waals surface area contributed by atoms with Gasteiger partial charge in [-0.1, -0.05) is 0 Å². The van der Waals surface area contributed by atoms with Crippen LogP contribution in [0.5, 0.6) is 0 Å². The van der Waals surface area contributed by atoms with Gasteiger partial charge in [0.15, 0.2) is 0 Å². The first-order chi connectivity index (χ1) is 4.70. The van der Waals surface area contributed by atoms with Gasteiger partial charge in [0.1, 0.15) is 0 Å². The molecule has 0 aliphatic carbocycles. The van der Waals surface area contributed by atoms with Gasteiger partial charge in [-0.2, -0.15) is 11.8 Å². The van der Waals surface area contributed by atoms with Gasteiger partial charge in [0, 0.05) is 6.04 Å². The first kappa shape index (κ1) is 9.78. The highest BCUT2D eigenvalue weighted by molar-refractivity contribution is 7.99. The van der Waals surface area contributed by atoms with Crippen LogP contribution in [0.4, 0.5) is 0 Å². The smallest absolute Gasteiger partial charge is 0.230 e. The number of hydrogen-bond donors (Lipinski definition) is 2. The Morgan fingerprint density at radius 3 is 2.80 bits per heavy atom. The summed E-state index contributed by atoms with van der Waals surface area (Å²) in [7, 11) is 0. The van der Waals surface area contributed by atoms with E-state index in [1.54, 1.807) is 6.92 Å². The van der Waals surface area contributed by atoms with Gasteiger partial charge in [0.05, 0.1) is 12.4 Å². The second kappa shape index (κ2) is 5.56. The van der Waals surface area contributed by atoms with E-state index in [1.165, 1.54) is 11.8 Å². The first-order valence-corrected chi connectivity index (χ1v) is 4.49. The fourth-order valence-electron chi connectivity index (χ4n) is 0.493. The van der Waals surface area contributed by atoms with Crippen LogP contribution in [0.2, 0.25) is 0 Å². The van der Waals surface area contributed by atoms with Crippen molar-refractivity contribution in [2.24, 2.45) is 0 Å².